The number of nitrogens with zero attached hydrogens (tertiary/aromatic N) is 1. The van der Waals surface area contributed by atoms with Crippen LogP contribution in [0.4, 0.5) is 0 Å². The summed E-state index contributed by atoms with van der Waals surface area (Å²) in [7, 11) is 1.50. The number of ether oxygens (including phenoxy) is 3. The summed E-state index contributed by atoms with van der Waals surface area (Å²) in [6, 6.07) is 3.22. The van der Waals surface area contributed by atoms with Crippen molar-refractivity contribution in [2.75, 3.05) is 33.4 Å². The molecule has 0 saturated carbocycles. The third kappa shape index (κ3) is 4.31. The fourth-order valence-electron chi connectivity index (χ4n) is 2.53. The van der Waals surface area contributed by atoms with Gasteiger partial charge in [-0.3, -0.25) is 9.59 Å². The molecule has 7 heteroatoms. The van der Waals surface area contributed by atoms with Gasteiger partial charge in [-0.25, -0.2) is 0 Å². The predicted octanol–water partition coefficient (Wildman–Crippen LogP) is 2.04. The summed E-state index contributed by atoms with van der Waals surface area (Å²) in [6.45, 7) is 5.42. The quantitative estimate of drug-likeness (QED) is 0.819. The minimum Gasteiger partial charge on any atom is -0.493 e. The molecule has 0 aromatic heterocycles. The van der Waals surface area contributed by atoms with Crippen LogP contribution < -0.4 is 14.2 Å². The van der Waals surface area contributed by atoms with E-state index in [4.69, 9.17) is 19.3 Å². The first-order valence-electron chi connectivity index (χ1n) is 7.91. The third-order valence-electron chi connectivity index (χ3n) is 3.54. The molecule has 24 heavy (non-hydrogen) atoms. The summed E-state index contributed by atoms with van der Waals surface area (Å²) < 4.78 is 16.4. The largest absolute Gasteiger partial charge is 0.493 e. The summed E-state index contributed by atoms with van der Waals surface area (Å²) in [5.74, 6) is 0.421. The van der Waals surface area contributed by atoms with Crippen LogP contribution in [0.2, 0.25) is 0 Å². The molecule has 0 bridgehead atoms. The van der Waals surface area contributed by atoms with Gasteiger partial charge >= 0.3 is 5.97 Å². The SMILES string of the molecule is COc1cc(C(=O)N(CCC(=O)O)CC(C)C)cc2c1OCCO2. The Balaban J connectivity index is 2.29. The lowest BCUT2D eigenvalue weighted by atomic mass is 10.1. The number of carboxylic acids is 1. The van der Waals surface area contributed by atoms with Crippen molar-refractivity contribution in [3.63, 3.8) is 0 Å². The first-order valence-corrected chi connectivity index (χ1v) is 7.91. The molecule has 1 aromatic carbocycles. The fourth-order valence-corrected chi connectivity index (χ4v) is 2.53. The van der Waals surface area contributed by atoms with Crippen LogP contribution in [-0.4, -0.2) is 55.3 Å². The molecule has 1 aliphatic rings. The minimum atomic E-state index is -0.934. The van der Waals surface area contributed by atoms with E-state index in [0.717, 1.165) is 0 Å². The van der Waals surface area contributed by atoms with Gasteiger partial charge in [0, 0.05) is 18.7 Å². The minimum absolute atomic E-state index is 0.0971. The molecule has 1 heterocycles. The van der Waals surface area contributed by atoms with Crippen LogP contribution in [0, 0.1) is 5.92 Å². The molecule has 0 aliphatic carbocycles. The molecule has 2 rings (SSSR count). The highest BCUT2D eigenvalue weighted by Crippen LogP contribution is 2.40. The van der Waals surface area contributed by atoms with Crippen molar-refractivity contribution in [2.24, 2.45) is 5.92 Å². The molecule has 1 aliphatic heterocycles. The lowest BCUT2D eigenvalue weighted by molar-refractivity contribution is -0.137. The highest BCUT2D eigenvalue weighted by molar-refractivity contribution is 5.96. The highest BCUT2D eigenvalue weighted by atomic mass is 16.6. The zero-order chi connectivity index (χ0) is 17.7. The number of amides is 1. The molecule has 0 atom stereocenters. The number of benzene rings is 1. The van der Waals surface area contributed by atoms with E-state index in [-0.39, 0.29) is 24.8 Å². The number of rotatable bonds is 7. The third-order valence-corrected chi connectivity index (χ3v) is 3.54. The van der Waals surface area contributed by atoms with Crippen LogP contribution in [0.1, 0.15) is 30.6 Å². The van der Waals surface area contributed by atoms with Crippen molar-refractivity contribution in [3.05, 3.63) is 17.7 Å². The monoisotopic (exact) mass is 337 g/mol. The smallest absolute Gasteiger partial charge is 0.305 e. The van der Waals surface area contributed by atoms with Crippen molar-refractivity contribution < 1.29 is 28.9 Å². The van der Waals surface area contributed by atoms with E-state index >= 15 is 0 Å². The Labute approximate surface area is 141 Å². The van der Waals surface area contributed by atoms with Crippen molar-refractivity contribution in [2.45, 2.75) is 20.3 Å². The van der Waals surface area contributed by atoms with Crippen molar-refractivity contribution in [1.29, 1.82) is 0 Å². The van der Waals surface area contributed by atoms with Gasteiger partial charge in [0.1, 0.15) is 13.2 Å². The maximum atomic E-state index is 12.8. The molecule has 0 fully saturated rings. The maximum Gasteiger partial charge on any atom is 0.305 e. The number of aliphatic carboxylic acids is 1. The first kappa shape index (κ1) is 17.9. The molecule has 0 radical (unpaired) electrons. The van der Waals surface area contributed by atoms with E-state index in [1.165, 1.54) is 7.11 Å². The van der Waals surface area contributed by atoms with Gasteiger partial charge in [-0.1, -0.05) is 13.8 Å². The van der Waals surface area contributed by atoms with Crippen LogP contribution in [0.3, 0.4) is 0 Å². The maximum absolute atomic E-state index is 12.8. The van der Waals surface area contributed by atoms with Gasteiger partial charge in [0.2, 0.25) is 5.75 Å². The van der Waals surface area contributed by atoms with E-state index < -0.39 is 5.97 Å². The molecule has 0 saturated heterocycles. The summed E-state index contributed by atoms with van der Waals surface area (Å²) in [4.78, 5) is 25.2. The van der Waals surface area contributed by atoms with Gasteiger partial charge < -0.3 is 24.2 Å². The van der Waals surface area contributed by atoms with Gasteiger partial charge in [0.05, 0.1) is 13.5 Å². The normalized spacial score (nSPS) is 12.8. The number of methoxy groups -OCH3 is 1. The molecule has 1 aromatic rings. The van der Waals surface area contributed by atoms with Crippen molar-refractivity contribution >= 4 is 11.9 Å². The second-order valence-electron chi connectivity index (χ2n) is 5.99. The Bertz CT molecular complexity index is 596. The predicted molar refractivity (Wildman–Crippen MR) is 87.0 cm³/mol. The summed E-state index contributed by atoms with van der Waals surface area (Å²) in [5, 5.41) is 8.89. The molecule has 1 amide bonds. The molecule has 132 valence electrons. The second kappa shape index (κ2) is 7.90. The lowest BCUT2D eigenvalue weighted by Gasteiger charge is -2.26. The number of carbonyl (C=O) groups is 2. The van der Waals surface area contributed by atoms with Gasteiger partial charge in [0.25, 0.3) is 5.91 Å². The Morgan fingerprint density at radius 3 is 2.62 bits per heavy atom. The van der Waals surface area contributed by atoms with Crippen molar-refractivity contribution in [1.82, 2.24) is 4.90 Å². The zero-order valence-electron chi connectivity index (χ0n) is 14.2. The number of hydrogen-bond acceptors (Lipinski definition) is 5. The van der Waals surface area contributed by atoms with Crippen LogP contribution in [-0.2, 0) is 4.79 Å². The molecular weight excluding hydrogens is 314 g/mol. The standard InChI is InChI=1S/C17H23NO6/c1-11(2)10-18(5-4-15(19)20)17(21)12-8-13(22-3)16-14(9-12)23-6-7-24-16/h8-9,11H,4-7,10H2,1-3H3,(H,19,20). The van der Waals surface area contributed by atoms with E-state index in [1.807, 2.05) is 13.8 Å². The average Bonchev–Trinajstić information content (AvgIpc) is 2.56. The van der Waals surface area contributed by atoms with E-state index in [1.54, 1.807) is 17.0 Å². The number of fused-ring (bicyclic) bond motifs is 1. The summed E-state index contributed by atoms with van der Waals surface area (Å²) in [6.07, 6.45) is -0.0971. The van der Waals surface area contributed by atoms with Gasteiger partial charge in [-0.05, 0) is 18.1 Å². The average molecular weight is 337 g/mol. The lowest BCUT2D eigenvalue weighted by Crippen LogP contribution is -2.36. The molecular formula is C17H23NO6. The van der Waals surface area contributed by atoms with Gasteiger partial charge in [-0.15, -0.1) is 0 Å². The number of hydrogen-bond donors (Lipinski definition) is 1. The molecule has 0 spiro atoms. The molecule has 0 unspecified atom stereocenters. The van der Waals surface area contributed by atoms with Gasteiger partial charge in [-0.2, -0.15) is 0 Å². The summed E-state index contributed by atoms with van der Waals surface area (Å²) in [5.41, 5.74) is 0.391. The number of carbonyl (C=O) groups excluding carboxylic acids is 1. The van der Waals surface area contributed by atoms with Crippen LogP contribution in [0.25, 0.3) is 0 Å². The Morgan fingerprint density at radius 1 is 1.29 bits per heavy atom. The van der Waals surface area contributed by atoms with Crippen LogP contribution >= 0.6 is 0 Å². The number of carboxylic acid groups (broad SMARTS) is 1. The Hall–Kier alpha value is -2.44. The second-order valence-corrected chi connectivity index (χ2v) is 5.99. The molecule has 1 N–H and O–H groups in total. The van der Waals surface area contributed by atoms with E-state index in [0.29, 0.717) is 42.6 Å². The zero-order valence-corrected chi connectivity index (χ0v) is 14.2. The highest BCUT2D eigenvalue weighted by Gasteiger charge is 2.24. The van der Waals surface area contributed by atoms with Crippen LogP contribution in [0.5, 0.6) is 17.2 Å². The summed E-state index contributed by atoms with van der Waals surface area (Å²) >= 11 is 0. The molecule has 7 nitrogen and oxygen atoms in total. The van der Waals surface area contributed by atoms with Gasteiger partial charge in [0.15, 0.2) is 11.5 Å². The Morgan fingerprint density at radius 2 is 2.00 bits per heavy atom. The van der Waals surface area contributed by atoms with Crippen molar-refractivity contribution in [3.8, 4) is 17.2 Å². The van der Waals surface area contributed by atoms with E-state index in [9.17, 15) is 9.59 Å². The van der Waals surface area contributed by atoms with E-state index in [2.05, 4.69) is 0 Å². The first-order chi connectivity index (χ1) is 11.4. The Kier molecular flexibility index (Phi) is 5.89. The topological polar surface area (TPSA) is 85.3 Å². The fraction of sp³-hybridized carbons (Fsp3) is 0.529. The van der Waals surface area contributed by atoms with Crippen LogP contribution in [0.15, 0.2) is 12.1 Å².